The molecule has 0 aliphatic heterocycles. The number of nitrogen functional groups attached to an aromatic ring is 1. The highest BCUT2D eigenvalue weighted by atomic mass is 19.1. The lowest BCUT2D eigenvalue weighted by Gasteiger charge is -2.09. The molecule has 0 fully saturated rings. The maximum absolute atomic E-state index is 13.5. The van der Waals surface area contributed by atoms with E-state index in [0.29, 0.717) is 16.7 Å². The van der Waals surface area contributed by atoms with E-state index in [9.17, 15) is 4.39 Å². The molecule has 1 heterocycles. The molecule has 0 aliphatic rings. The summed E-state index contributed by atoms with van der Waals surface area (Å²) in [6.07, 6.45) is 1.40. The van der Waals surface area contributed by atoms with Crippen molar-refractivity contribution in [3.63, 3.8) is 0 Å². The number of nitrogens with zero attached hydrogens (tertiary/aromatic N) is 2. The zero-order valence-corrected chi connectivity index (χ0v) is 10.9. The molecule has 0 bridgehead atoms. The molecule has 0 unspecified atom stereocenters. The second kappa shape index (κ2) is 4.77. The van der Waals surface area contributed by atoms with E-state index in [4.69, 9.17) is 5.73 Å². The Hall–Kier alpha value is -2.69. The number of hydrogen-bond donors (Lipinski definition) is 2. The summed E-state index contributed by atoms with van der Waals surface area (Å²) in [5, 5.41) is 3.89. The Labute approximate surface area is 115 Å². The van der Waals surface area contributed by atoms with E-state index in [2.05, 4.69) is 15.3 Å². The van der Waals surface area contributed by atoms with Gasteiger partial charge in [-0.3, -0.25) is 0 Å². The number of rotatable bonds is 2. The SMILES string of the molecule is Cc1cccc(Nc2ncnc3cc(F)c(N)cc23)c1. The topological polar surface area (TPSA) is 63.8 Å². The van der Waals surface area contributed by atoms with Crippen LogP contribution in [0.4, 0.5) is 21.6 Å². The van der Waals surface area contributed by atoms with Crippen molar-refractivity contribution in [2.45, 2.75) is 6.92 Å². The third kappa shape index (κ3) is 2.25. The van der Waals surface area contributed by atoms with Crippen LogP contribution < -0.4 is 11.1 Å². The molecule has 3 N–H and O–H groups in total. The fourth-order valence-electron chi connectivity index (χ4n) is 2.05. The van der Waals surface area contributed by atoms with Crippen LogP contribution in [-0.4, -0.2) is 9.97 Å². The smallest absolute Gasteiger partial charge is 0.148 e. The number of benzene rings is 2. The molecule has 4 nitrogen and oxygen atoms in total. The van der Waals surface area contributed by atoms with Crippen molar-refractivity contribution in [2.24, 2.45) is 0 Å². The maximum Gasteiger partial charge on any atom is 0.148 e. The monoisotopic (exact) mass is 268 g/mol. The zero-order valence-electron chi connectivity index (χ0n) is 10.9. The van der Waals surface area contributed by atoms with Gasteiger partial charge in [-0.2, -0.15) is 0 Å². The number of aryl methyl sites for hydroxylation is 1. The summed E-state index contributed by atoms with van der Waals surface area (Å²) in [6.45, 7) is 2.01. The van der Waals surface area contributed by atoms with Gasteiger partial charge >= 0.3 is 0 Å². The third-order valence-corrected chi connectivity index (χ3v) is 3.03. The van der Waals surface area contributed by atoms with Gasteiger partial charge in [0.2, 0.25) is 0 Å². The summed E-state index contributed by atoms with van der Waals surface area (Å²) >= 11 is 0. The highest BCUT2D eigenvalue weighted by molar-refractivity contribution is 5.92. The summed E-state index contributed by atoms with van der Waals surface area (Å²) in [4.78, 5) is 8.26. The van der Waals surface area contributed by atoms with Gasteiger partial charge in [0.15, 0.2) is 0 Å². The Bertz CT molecular complexity index is 786. The van der Waals surface area contributed by atoms with Gasteiger partial charge in [0.1, 0.15) is 18.0 Å². The predicted molar refractivity (Wildman–Crippen MR) is 78.4 cm³/mol. The van der Waals surface area contributed by atoms with Gasteiger partial charge in [0, 0.05) is 17.1 Å². The first-order valence-electron chi connectivity index (χ1n) is 6.17. The van der Waals surface area contributed by atoms with Gasteiger partial charge in [0.25, 0.3) is 0 Å². The van der Waals surface area contributed by atoms with E-state index in [0.717, 1.165) is 11.3 Å². The van der Waals surface area contributed by atoms with Crippen LogP contribution >= 0.6 is 0 Å². The van der Waals surface area contributed by atoms with Crippen LogP contribution in [0.5, 0.6) is 0 Å². The molecule has 20 heavy (non-hydrogen) atoms. The minimum absolute atomic E-state index is 0.0830. The van der Waals surface area contributed by atoms with Crippen molar-refractivity contribution in [3.8, 4) is 0 Å². The predicted octanol–water partition coefficient (Wildman–Crippen LogP) is 3.40. The normalized spacial score (nSPS) is 10.7. The van der Waals surface area contributed by atoms with Crippen LogP contribution in [0.1, 0.15) is 5.56 Å². The van der Waals surface area contributed by atoms with Crippen LogP contribution in [0.2, 0.25) is 0 Å². The fourth-order valence-corrected chi connectivity index (χ4v) is 2.05. The lowest BCUT2D eigenvalue weighted by molar-refractivity contribution is 0.634. The maximum atomic E-state index is 13.5. The van der Waals surface area contributed by atoms with E-state index in [-0.39, 0.29) is 5.69 Å². The minimum Gasteiger partial charge on any atom is -0.396 e. The Kier molecular flexibility index (Phi) is 2.95. The first-order valence-corrected chi connectivity index (χ1v) is 6.17. The van der Waals surface area contributed by atoms with Crippen LogP contribution in [-0.2, 0) is 0 Å². The summed E-state index contributed by atoms with van der Waals surface area (Å²) in [7, 11) is 0. The molecule has 1 aromatic heterocycles. The minimum atomic E-state index is -0.474. The molecule has 0 amide bonds. The second-order valence-electron chi connectivity index (χ2n) is 4.61. The Morgan fingerprint density at radius 2 is 2.00 bits per heavy atom. The largest absolute Gasteiger partial charge is 0.396 e. The summed E-state index contributed by atoms with van der Waals surface area (Å²) < 4.78 is 13.5. The lowest BCUT2D eigenvalue weighted by atomic mass is 10.2. The molecule has 0 spiro atoms. The number of halogens is 1. The first kappa shape index (κ1) is 12.3. The Morgan fingerprint density at radius 3 is 2.80 bits per heavy atom. The third-order valence-electron chi connectivity index (χ3n) is 3.03. The molecule has 0 atom stereocenters. The van der Waals surface area contributed by atoms with Crippen molar-refractivity contribution in [3.05, 3.63) is 54.1 Å². The average Bonchev–Trinajstić information content (AvgIpc) is 2.41. The number of fused-ring (bicyclic) bond motifs is 1. The molecule has 0 saturated heterocycles. The number of anilines is 3. The van der Waals surface area contributed by atoms with Crippen molar-refractivity contribution in [1.29, 1.82) is 0 Å². The van der Waals surface area contributed by atoms with E-state index in [1.165, 1.54) is 12.4 Å². The molecule has 100 valence electrons. The zero-order chi connectivity index (χ0) is 14.1. The van der Waals surface area contributed by atoms with Crippen LogP contribution in [0.25, 0.3) is 10.9 Å². The highest BCUT2D eigenvalue weighted by Crippen LogP contribution is 2.26. The Balaban J connectivity index is 2.09. The molecule has 5 heteroatoms. The molecular formula is C15H13FN4. The van der Waals surface area contributed by atoms with E-state index in [1.807, 2.05) is 31.2 Å². The van der Waals surface area contributed by atoms with Crippen LogP contribution in [0, 0.1) is 12.7 Å². The van der Waals surface area contributed by atoms with Crippen LogP contribution in [0.15, 0.2) is 42.7 Å². The van der Waals surface area contributed by atoms with E-state index < -0.39 is 5.82 Å². The van der Waals surface area contributed by atoms with Crippen molar-refractivity contribution in [2.75, 3.05) is 11.1 Å². The molecule has 2 aromatic carbocycles. The van der Waals surface area contributed by atoms with Gasteiger partial charge in [-0.1, -0.05) is 12.1 Å². The molecule has 0 aliphatic carbocycles. The number of aromatic nitrogens is 2. The van der Waals surface area contributed by atoms with E-state index in [1.54, 1.807) is 6.07 Å². The lowest BCUT2D eigenvalue weighted by Crippen LogP contribution is -1.98. The molecule has 3 rings (SSSR count). The molecule has 0 radical (unpaired) electrons. The highest BCUT2D eigenvalue weighted by Gasteiger charge is 2.08. The summed E-state index contributed by atoms with van der Waals surface area (Å²) in [6, 6.07) is 10.8. The first-order chi connectivity index (χ1) is 9.63. The fraction of sp³-hybridized carbons (Fsp3) is 0.0667. The average molecular weight is 268 g/mol. The van der Waals surface area contributed by atoms with Crippen molar-refractivity contribution >= 4 is 28.1 Å². The van der Waals surface area contributed by atoms with Gasteiger partial charge in [-0.15, -0.1) is 0 Å². The molecule has 0 saturated carbocycles. The number of nitrogens with two attached hydrogens (primary N) is 1. The standard InChI is InChI=1S/C15H13FN4/c1-9-3-2-4-10(5-9)20-15-11-6-13(17)12(16)7-14(11)18-8-19-15/h2-8H,17H2,1H3,(H,18,19,20). The summed E-state index contributed by atoms with van der Waals surface area (Å²) in [5.41, 5.74) is 8.26. The van der Waals surface area contributed by atoms with Gasteiger partial charge < -0.3 is 11.1 Å². The van der Waals surface area contributed by atoms with Gasteiger partial charge in [-0.05, 0) is 30.7 Å². The van der Waals surface area contributed by atoms with Gasteiger partial charge in [0.05, 0.1) is 11.2 Å². The quantitative estimate of drug-likeness (QED) is 0.699. The molecular weight excluding hydrogens is 255 g/mol. The molecule has 3 aromatic rings. The van der Waals surface area contributed by atoms with Crippen LogP contribution in [0.3, 0.4) is 0 Å². The van der Waals surface area contributed by atoms with E-state index >= 15 is 0 Å². The Morgan fingerprint density at radius 1 is 1.15 bits per heavy atom. The number of nitrogens with one attached hydrogen (secondary N) is 1. The van der Waals surface area contributed by atoms with Gasteiger partial charge in [-0.25, -0.2) is 14.4 Å². The van der Waals surface area contributed by atoms with Crippen molar-refractivity contribution in [1.82, 2.24) is 9.97 Å². The number of hydrogen-bond acceptors (Lipinski definition) is 4. The van der Waals surface area contributed by atoms with Crippen molar-refractivity contribution < 1.29 is 4.39 Å². The second-order valence-corrected chi connectivity index (χ2v) is 4.61. The summed E-state index contributed by atoms with van der Waals surface area (Å²) in [5.74, 6) is 0.130.